The fourth-order valence-electron chi connectivity index (χ4n) is 4.21. The third kappa shape index (κ3) is 6.54. The van der Waals surface area contributed by atoms with Crippen LogP contribution in [0.1, 0.15) is 59.8 Å². The smallest absolute Gasteiger partial charge is 0.409 e. The van der Waals surface area contributed by atoms with E-state index in [1.807, 2.05) is 0 Å². The number of aromatic amines is 1. The van der Waals surface area contributed by atoms with Crippen LogP contribution in [0.4, 0.5) is 4.39 Å². The second-order valence-electron chi connectivity index (χ2n) is 10.3. The van der Waals surface area contributed by atoms with Crippen LogP contribution in [0.5, 0.6) is 0 Å². The lowest BCUT2D eigenvalue weighted by molar-refractivity contribution is -0.124. The lowest BCUT2D eigenvalue weighted by Crippen LogP contribution is -2.56. The highest BCUT2D eigenvalue weighted by Gasteiger charge is 2.37. The van der Waals surface area contributed by atoms with E-state index in [0.717, 1.165) is 32.1 Å². The molecule has 1 aliphatic rings. The zero-order chi connectivity index (χ0) is 24.9. The molecular formula is C25H34FN5O3. The normalized spacial score (nSPS) is 17.9. The average molecular weight is 472 g/mol. The molecule has 1 atom stereocenters. The number of benzene rings is 1. The minimum Gasteiger partial charge on any atom is -0.409 e. The van der Waals surface area contributed by atoms with Crippen molar-refractivity contribution in [1.82, 2.24) is 15.2 Å². The zero-order valence-electron chi connectivity index (χ0n) is 20.4. The van der Waals surface area contributed by atoms with Crippen molar-refractivity contribution >= 4 is 16.9 Å². The summed E-state index contributed by atoms with van der Waals surface area (Å²) in [5.74, 6) is -1.68. The van der Waals surface area contributed by atoms with Crippen LogP contribution in [0.3, 0.4) is 0 Å². The Balaban J connectivity index is 1.94. The molecule has 0 radical (unpaired) electrons. The number of hydrogen-bond donors (Lipinski definition) is 2. The fraction of sp³-hybridized carbons (Fsp3) is 0.600. The van der Waals surface area contributed by atoms with Gasteiger partial charge in [0.05, 0.1) is 11.5 Å². The van der Waals surface area contributed by atoms with Gasteiger partial charge in [-0.05, 0) is 56.2 Å². The first-order chi connectivity index (χ1) is 16.0. The monoisotopic (exact) mass is 471 g/mol. The van der Waals surface area contributed by atoms with E-state index in [2.05, 4.69) is 54.0 Å². The fourth-order valence-corrected chi connectivity index (χ4v) is 4.21. The van der Waals surface area contributed by atoms with Crippen LogP contribution in [0.2, 0.25) is 0 Å². The molecule has 1 unspecified atom stereocenters. The molecule has 8 nitrogen and oxygen atoms in total. The van der Waals surface area contributed by atoms with Gasteiger partial charge < -0.3 is 14.6 Å². The quantitative estimate of drug-likeness (QED) is 0.643. The molecule has 1 fully saturated rings. The Morgan fingerprint density at radius 1 is 1.38 bits per heavy atom. The SMILES string of the molecule is CCCN1CCC(C#N)(NC(=O)C(CCC(C)(C)C)N=c2[nH]c(=O)oc3cc(F)ccc23)CC1. The number of aromatic nitrogens is 1. The van der Waals surface area contributed by atoms with Crippen molar-refractivity contribution < 1.29 is 13.6 Å². The second kappa shape index (κ2) is 10.5. The molecule has 1 aromatic heterocycles. The highest BCUT2D eigenvalue weighted by atomic mass is 19.1. The van der Waals surface area contributed by atoms with E-state index in [-0.39, 0.29) is 22.4 Å². The van der Waals surface area contributed by atoms with Crippen molar-refractivity contribution in [3.63, 3.8) is 0 Å². The first kappa shape index (κ1) is 25.6. The molecule has 2 aromatic rings. The molecular weight excluding hydrogens is 437 g/mol. The van der Waals surface area contributed by atoms with Crippen molar-refractivity contribution in [3.8, 4) is 6.07 Å². The highest BCUT2D eigenvalue weighted by Crippen LogP contribution is 2.25. The van der Waals surface area contributed by atoms with Crippen LogP contribution in [0, 0.1) is 22.6 Å². The molecule has 2 heterocycles. The van der Waals surface area contributed by atoms with Crippen LogP contribution in [0.15, 0.2) is 32.4 Å². The largest absolute Gasteiger partial charge is 0.418 e. The zero-order valence-corrected chi connectivity index (χ0v) is 20.4. The molecule has 0 saturated carbocycles. The number of piperidine rings is 1. The van der Waals surface area contributed by atoms with E-state index < -0.39 is 23.2 Å². The molecule has 1 amide bonds. The number of amides is 1. The number of halogens is 1. The van der Waals surface area contributed by atoms with Gasteiger partial charge in [-0.1, -0.05) is 27.7 Å². The maximum absolute atomic E-state index is 13.7. The number of H-pyrrole nitrogens is 1. The van der Waals surface area contributed by atoms with Gasteiger partial charge in [0, 0.05) is 19.2 Å². The van der Waals surface area contributed by atoms with E-state index in [9.17, 15) is 19.2 Å². The van der Waals surface area contributed by atoms with Crippen LogP contribution in [-0.2, 0) is 4.79 Å². The van der Waals surface area contributed by atoms with E-state index in [4.69, 9.17) is 4.42 Å². The lowest BCUT2D eigenvalue weighted by Gasteiger charge is -2.38. The second-order valence-corrected chi connectivity index (χ2v) is 10.3. The summed E-state index contributed by atoms with van der Waals surface area (Å²) in [5.41, 5.74) is -0.781. The maximum Gasteiger partial charge on any atom is 0.418 e. The number of hydrogen-bond acceptors (Lipinski definition) is 6. The van der Waals surface area contributed by atoms with Gasteiger partial charge in [-0.15, -0.1) is 0 Å². The molecule has 184 valence electrons. The Morgan fingerprint density at radius 2 is 2.09 bits per heavy atom. The number of nitriles is 1. The number of nitrogens with one attached hydrogen (secondary N) is 2. The predicted octanol–water partition coefficient (Wildman–Crippen LogP) is 3.24. The van der Waals surface area contributed by atoms with Crippen molar-refractivity contribution in [2.24, 2.45) is 10.4 Å². The van der Waals surface area contributed by atoms with E-state index in [1.54, 1.807) is 0 Å². The number of fused-ring (bicyclic) bond motifs is 1. The first-order valence-corrected chi connectivity index (χ1v) is 11.9. The van der Waals surface area contributed by atoms with Gasteiger partial charge in [0.1, 0.15) is 28.5 Å². The summed E-state index contributed by atoms with van der Waals surface area (Å²) in [6, 6.07) is 5.32. The molecule has 0 aliphatic carbocycles. The van der Waals surface area contributed by atoms with Crippen LogP contribution in [-0.4, -0.2) is 47.0 Å². The van der Waals surface area contributed by atoms with E-state index >= 15 is 0 Å². The minimum atomic E-state index is -0.943. The van der Waals surface area contributed by atoms with Gasteiger partial charge in [0.2, 0.25) is 5.91 Å². The summed E-state index contributed by atoms with van der Waals surface area (Å²) in [5, 5.41) is 13.3. The third-order valence-electron chi connectivity index (χ3n) is 6.20. The van der Waals surface area contributed by atoms with Crippen molar-refractivity contribution in [1.29, 1.82) is 5.26 Å². The minimum absolute atomic E-state index is 0.0446. The standard InChI is InChI=1S/C25H34FN5O3/c1-5-12-31-13-10-25(16-27,11-14-31)30-22(32)19(8-9-24(2,3)4)28-21-18-7-6-17(26)15-20(18)34-23(33)29-21/h6-7,15,19H,5,8-14H2,1-4H3,(H,30,32)(H,28,29,33). The van der Waals surface area contributed by atoms with Crippen molar-refractivity contribution in [2.45, 2.75) is 71.4 Å². The summed E-state index contributed by atoms with van der Waals surface area (Å²) in [4.78, 5) is 34.9. The number of rotatable bonds is 7. The maximum atomic E-state index is 13.7. The van der Waals surface area contributed by atoms with Gasteiger partial charge in [0.15, 0.2) is 0 Å². The summed E-state index contributed by atoms with van der Waals surface area (Å²) >= 11 is 0. The number of carbonyl (C=O) groups is 1. The molecule has 0 bridgehead atoms. The summed E-state index contributed by atoms with van der Waals surface area (Å²) in [7, 11) is 0. The third-order valence-corrected chi connectivity index (χ3v) is 6.20. The van der Waals surface area contributed by atoms with Crippen LogP contribution in [0.25, 0.3) is 11.0 Å². The van der Waals surface area contributed by atoms with Crippen LogP contribution >= 0.6 is 0 Å². The van der Waals surface area contributed by atoms with Crippen molar-refractivity contribution in [2.75, 3.05) is 19.6 Å². The molecule has 2 N–H and O–H groups in total. The van der Waals surface area contributed by atoms with Gasteiger partial charge >= 0.3 is 5.76 Å². The Kier molecular flexibility index (Phi) is 7.93. The molecule has 1 saturated heterocycles. The van der Waals surface area contributed by atoms with Gasteiger partial charge in [-0.25, -0.2) is 9.18 Å². The number of carbonyl (C=O) groups excluding carboxylic acids is 1. The Labute approximate surface area is 198 Å². The van der Waals surface area contributed by atoms with E-state index in [1.165, 1.54) is 12.1 Å². The molecule has 1 aromatic carbocycles. The Bertz CT molecular complexity index is 1180. The summed E-state index contributed by atoms with van der Waals surface area (Å²) < 4.78 is 18.7. The summed E-state index contributed by atoms with van der Waals surface area (Å²) in [6.07, 6.45) is 3.26. The van der Waals surface area contributed by atoms with Gasteiger partial charge in [-0.2, -0.15) is 5.26 Å². The van der Waals surface area contributed by atoms with Gasteiger partial charge in [-0.3, -0.25) is 14.8 Å². The lowest BCUT2D eigenvalue weighted by atomic mass is 9.86. The van der Waals surface area contributed by atoms with Crippen molar-refractivity contribution in [3.05, 3.63) is 40.1 Å². The predicted molar refractivity (Wildman–Crippen MR) is 127 cm³/mol. The molecule has 0 spiro atoms. The molecule has 1 aliphatic heterocycles. The number of nitrogens with zero attached hydrogens (tertiary/aromatic N) is 3. The number of likely N-dealkylation sites (tertiary alicyclic amines) is 1. The molecule has 34 heavy (non-hydrogen) atoms. The van der Waals surface area contributed by atoms with E-state index in [0.29, 0.717) is 31.1 Å². The molecule has 3 rings (SSSR count). The highest BCUT2D eigenvalue weighted by molar-refractivity contribution is 5.83. The average Bonchev–Trinajstić information content (AvgIpc) is 2.77. The summed E-state index contributed by atoms with van der Waals surface area (Å²) in [6.45, 7) is 10.8. The topological polar surface area (TPSA) is 114 Å². The first-order valence-electron chi connectivity index (χ1n) is 11.9. The Morgan fingerprint density at radius 3 is 2.71 bits per heavy atom. The van der Waals surface area contributed by atoms with Gasteiger partial charge in [0.25, 0.3) is 0 Å². The molecule has 9 heteroatoms. The Hall–Kier alpha value is -2.99. The van der Waals surface area contributed by atoms with Crippen LogP contribution < -0.4 is 16.6 Å².